The van der Waals surface area contributed by atoms with Gasteiger partial charge in [-0.25, -0.2) is 4.98 Å². The van der Waals surface area contributed by atoms with Crippen LogP contribution >= 0.6 is 0 Å². The number of esters is 3. The smallest absolute Gasteiger partial charge is 0.303 e. The summed E-state index contributed by atoms with van der Waals surface area (Å²) in [5.74, 6) is -0.905. The number of anilines is 1. The summed E-state index contributed by atoms with van der Waals surface area (Å²) in [5, 5.41) is 6.28. The van der Waals surface area contributed by atoms with E-state index in [4.69, 9.17) is 18.9 Å². The zero-order chi connectivity index (χ0) is 19.6. The van der Waals surface area contributed by atoms with Gasteiger partial charge in [0, 0.05) is 27.3 Å². The maximum atomic E-state index is 11.7. The van der Waals surface area contributed by atoms with Crippen molar-refractivity contribution in [1.29, 1.82) is 0 Å². The van der Waals surface area contributed by atoms with Gasteiger partial charge in [0.1, 0.15) is 18.5 Å². The highest BCUT2D eigenvalue weighted by Crippen LogP contribution is 2.37. The van der Waals surface area contributed by atoms with Crippen LogP contribution in [0.2, 0.25) is 0 Å². The Labute approximate surface area is 155 Å². The minimum Gasteiger partial charge on any atom is -0.463 e. The van der Waals surface area contributed by atoms with Crippen LogP contribution in [0.5, 0.6) is 0 Å². The molecule has 0 saturated carbocycles. The molecular weight excluding hydrogens is 360 g/mol. The minimum atomic E-state index is -0.935. The van der Waals surface area contributed by atoms with E-state index in [2.05, 4.69) is 15.6 Å². The molecule has 11 heteroatoms. The summed E-state index contributed by atoms with van der Waals surface area (Å²) in [6.07, 6.45) is -1.91. The van der Waals surface area contributed by atoms with E-state index in [1.165, 1.54) is 20.8 Å². The third kappa shape index (κ3) is 4.19. The quantitative estimate of drug-likeness (QED) is 0.516. The molecule has 27 heavy (non-hydrogen) atoms. The molecule has 0 amide bonds. The second-order valence-corrected chi connectivity index (χ2v) is 6.24. The maximum absolute atomic E-state index is 11.7. The fraction of sp³-hybridized carbons (Fsp3) is 0.625. The Morgan fingerprint density at radius 2 is 1.89 bits per heavy atom. The number of nitrogens with one attached hydrogen (secondary N) is 2. The van der Waals surface area contributed by atoms with E-state index in [0.717, 1.165) is 5.69 Å². The third-order valence-electron chi connectivity index (χ3n) is 4.16. The highest BCUT2D eigenvalue weighted by molar-refractivity contribution is 5.68. The highest BCUT2D eigenvalue weighted by Gasteiger charge is 2.51. The molecule has 148 valence electrons. The van der Waals surface area contributed by atoms with Crippen LogP contribution in [-0.2, 0) is 39.9 Å². The fourth-order valence-electron chi connectivity index (χ4n) is 3.16. The molecule has 1 fully saturated rings. The molecule has 1 aromatic rings. The molecule has 2 N–H and O–H groups in total. The molecule has 0 spiro atoms. The molecule has 0 unspecified atom stereocenters. The van der Waals surface area contributed by atoms with Gasteiger partial charge in [-0.2, -0.15) is 0 Å². The molecule has 1 saturated heterocycles. The monoisotopic (exact) mass is 382 g/mol. The molecule has 11 nitrogen and oxygen atoms in total. The van der Waals surface area contributed by atoms with Gasteiger partial charge in [0.2, 0.25) is 0 Å². The molecule has 2 aliphatic heterocycles. The topological polar surface area (TPSA) is 130 Å². The lowest BCUT2D eigenvalue weighted by Crippen LogP contribution is -2.40. The Morgan fingerprint density at radius 3 is 2.56 bits per heavy atom. The van der Waals surface area contributed by atoms with E-state index in [9.17, 15) is 14.4 Å². The summed E-state index contributed by atoms with van der Waals surface area (Å²) in [5.41, 5.74) is 0.777. The predicted molar refractivity (Wildman–Crippen MR) is 89.2 cm³/mol. The van der Waals surface area contributed by atoms with Gasteiger partial charge in [-0.3, -0.25) is 24.3 Å². The van der Waals surface area contributed by atoms with E-state index in [1.807, 2.05) is 0 Å². The molecule has 0 bridgehead atoms. The number of ether oxygens (including phenoxy) is 4. The fourth-order valence-corrected chi connectivity index (χ4v) is 3.16. The van der Waals surface area contributed by atoms with Gasteiger partial charge in [0.25, 0.3) is 0 Å². The van der Waals surface area contributed by atoms with E-state index < -0.39 is 42.4 Å². The number of carbonyl (C=O) groups excluding carboxylic acids is 3. The summed E-state index contributed by atoms with van der Waals surface area (Å²) < 4.78 is 23.5. The van der Waals surface area contributed by atoms with Crippen molar-refractivity contribution in [3.63, 3.8) is 0 Å². The first-order valence-corrected chi connectivity index (χ1v) is 8.50. The Hall–Kier alpha value is -2.66. The Morgan fingerprint density at radius 1 is 1.19 bits per heavy atom. The second kappa shape index (κ2) is 7.92. The van der Waals surface area contributed by atoms with Gasteiger partial charge in [-0.1, -0.05) is 0 Å². The average Bonchev–Trinajstić information content (AvgIpc) is 3.15. The van der Waals surface area contributed by atoms with E-state index >= 15 is 0 Å². The lowest BCUT2D eigenvalue weighted by atomic mass is 10.1. The predicted octanol–water partition coefficient (Wildman–Crippen LogP) is -0.320. The van der Waals surface area contributed by atoms with Crippen molar-refractivity contribution < 1.29 is 33.3 Å². The molecular formula is C16H22N4O7. The van der Waals surface area contributed by atoms with Gasteiger partial charge >= 0.3 is 17.9 Å². The molecule has 3 heterocycles. The zero-order valence-corrected chi connectivity index (χ0v) is 15.3. The van der Waals surface area contributed by atoms with Crippen LogP contribution in [0, 0.1) is 0 Å². The van der Waals surface area contributed by atoms with Crippen molar-refractivity contribution >= 4 is 23.7 Å². The Balaban J connectivity index is 1.92. The number of carbonyl (C=O) groups is 3. The van der Waals surface area contributed by atoms with Crippen LogP contribution in [-0.4, -0.2) is 59.0 Å². The number of fused-ring (bicyclic) bond motifs is 1. The zero-order valence-electron chi connectivity index (χ0n) is 15.3. The molecule has 0 aromatic carbocycles. The first-order chi connectivity index (χ1) is 12.9. The summed E-state index contributed by atoms with van der Waals surface area (Å²) >= 11 is 0. The van der Waals surface area contributed by atoms with Crippen LogP contribution in [0.1, 0.15) is 32.7 Å². The van der Waals surface area contributed by atoms with Gasteiger partial charge in [-0.05, 0) is 0 Å². The lowest BCUT2D eigenvalue weighted by Gasteiger charge is -2.25. The molecule has 3 rings (SSSR count). The van der Waals surface area contributed by atoms with Crippen LogP contribution < -0.4 is 10.6 Å². The Bertz CT molecular complexity index is 734. The number of imidazole rings is 1. The normalized spacial score (nSPS) is 26.6. The molecule has 0 aliphatic carbocycles. The van der Waals surface area contributed by atoms with Crippen LogP contribution in [0.25, 0.3) is 0 Å². The number of aromatic nitrogens is 2. The van der Waals surface area contributed by atoms with E-state index in [1.54, 1.807) is 10.9 Å². The first-order valence-electron chi connectivity index (χ1n) is 8.50. The van der Waals surface area contributed by atoms with Crippen molar-refractivity contribution in [2.75, 3.05) is 18.6 Å². The largest absolute Gasteiger partial charge is 0.463 e. The summed E-state index contributed by atoms with van der Waals surface area (Å²) in [6, 6.07) is 0. The van der Waals surface area contributed by atoms with Crippen molar-refractivity contribution in [2.24, 2.45) is 0 Å². The molecule has 1 aromatic heterocycles. The van der Waals surface area contributed by atoms with Gasteiger partial charge < -0.3 is 24.3 Å². The minimum absolute atomic E-state index is 0.145. The van der Waals surface area contributed by atoms with Gasteiger partial charge in [0.15, 0.2) is 18.4 Å². The van der Waals surface area contributed by atoms with Crippen LogP contribution in [0.15, 0.2) is 6.33 Å². The Kier molecular flexibility index (Phi) is 5.61. The first kappa shape index (κ1) is 19.1. The lowest BCUT2D eigenvalue weighted by molar-refractivity contribution is -0.166. The van der Waals surface area contributed by atoms with Gasteiger partial charge in [0.05, 0.1) is 18.7 Å². The second-order valence-electron chi connectivity index (χ2n) is 6.24. The molecule has 0 radical (unpaired) electrons. The SMILES string of the molecule is CC(=O)OC[C@H]1O[C@@H](n2cnc3c2NCNC3)[C@H](OC(C)=O)[C@@H]1OC(C)=O. The molecule has 2 aliphatic rings. The summed E-state index contributed by atoms with van der Waals surface area (Å²) in [6.45, 7) is 4.73. The van der Waals surface area contributed by atoms with Crippen LogP contribution in [0.3, 0.4) is 0 Å². The van der Waals surface area contributed by atoms with Crippen molar-refractivity contribution in [1.82, 2.24) is 14.9 Å². The number of nitrogens with zero attached hydrogens (tertiary/aromatic N) is 2. The number of rotatable bonds is 5. The average molecular weight is 382 g/mol. The third-order valence-corrected chi connectivity index (χ3v) is 4.16. The van der Waals surface area contributed by atoms with E-state index in [-0.39, 0.29) is 6.61 Å². The standard InChI is InChI=1S/C16H22N4O7/c1-8(21)24-5-12-13(25-9(2)22)14(26-10(3)23)16(27-12)20-7-19-11-4-17-6-18-15(11)20/h7,12-14,16-18H,4-6H2,1-3H3/t12-,13-,14-,16-/m1/s1. The number of hydrogen-bond donors (Lipinski definition) is 2. The summed E-state index contributed by atoms with van der Waals surface area (Å²) in [4.78, 5) is 38.7. The highest BCUT2D eigenvalue weighted by atomic mass is 16.7. The van der Waals surface area contributed by atoms with Gasteiger partial charge in [-0.15, -0.1) is 0 Å². The molecule has 4 atom stereocenters. The van der Waals surface area contributed by atoms with Crippen molar-refractivity contribution in [3.05, 3.63) is 12.0 Å². The number of hydrogen-bond acceptors (Lipinski definition) is 10. The van der Waals surface area contributed by atoms with Crippen molar-refractivity contribution in [2.45, 2.75) is 51.9 Å². The maximum Gasteiger partial charge on any atom is 0.303 e. The van der Waals surface area contributed by atoms with Crippen LogP contribution in [0.4, 0.5) is 5.82 Å². The van der Waals surface area contributed by atoms with E-state index in [0.29, 0.717) is 19.0 Å². The van der Waals surface area contributed by atoms with Crippen molar-refractivity contribution in [3.8, 4) is 0 Å². The summed E-state index contributed by atoms with van der Waals surface area (Å²) in [7, 11) is 0.